The normalized spacial score (nSPS) is 14.5. The Labute approximate surface area is 441 Å². The molecule has 0 aliphatic rings. The maximum atomic E-state index is 19.6. The van der Waals surface area contributed by atoms with Crippen molar-refractivity contribution in [1.82, 2.24) is 0 Å². The molecule has 8 heteroatoms. The molecule has 0 fully saturated rings. The number of phosphoric acid groups is 1. The molecule has 0 saturated heterocycles. The van der Waals surface area contributed by atoms with Gasteiger partial charge in [-0.2, -0.15) is 0 Å². The van der Waals surface area contributed by atoms with Crippen LogP contribution in [0.1, 0.15) is 59.3 Å². The van der Waals surface area contributed by atoms with Gasteiger partial charge in [0, 0.05) is 0 Å². The first-order valence-corrected chi connectivity index (χ1v) is 35.0. The third-order valence-electron chi connectivity index (χ3n) is 15.4. The average Bonchev–Trinajstić information content (AvgIpc) is 3.49. The molecule has 0 atom stereocenters. The molecule has 0 bridgehead atoms. The molecule has 9 rings (SSSR count). The van der Waals surface area contributed by atoms with E-state index in [1.165, 1.54) is 0 Å². The van der Waals surface area contributed by atoms with E-state index in [1.54, 1.807) is 0 Å². The standard InChI is InChI=1S/C66H72O4P4/c1-4-7-55-72(58-37-19-10-20-38-58,59-39-21-11-22-40-59,60-41-23-12-24-42-60)68-71(67,69-73(56-8-5-2,61-43-25-13-26-44-61,62-45-27-14-28-46-62)63-47-29-15-30-48-63)70-74(57-9-6-3,64-49-31-16-32-50-64,65-51-33-17-34-52-65)66-53-35-18-36-54-66/h10-54H,4-9,55-57H2,1-3H3. The molecule has 380 valence electrons. The summed E-state index contributed by atoms with van der Waals surface area (Å²) in [4.78, 5) is 0. The fraction of sp³-hybridized carbons (Fsp3) is 0.182. The van der Waals surface area contributed by atoms with E-state index in [2.05, 4.69) is 294 Å². The molecule has 0 radical (unpaired) electrons. The van der Waals surface area contributed by atoms with Gasteiger partial charge in [-0.15, -0.1) is 0 Å². The van der Waals surface area contributed by atoms with Crippen molar-refractivity contribution in [3.63, 3.8) is 0 Å². The molecule has 4 nitrogen and oxygen atoms in total. The Bertz CT molecular complexity index is 2560. The molecule has 0 aliphatic carbocycles. The van der Waals surface area contributed by atoms with Crippen LogP contribution < -0.4 is 47.7 Å². The Hall–Kier alpha value is -5.62. The van der Waals surface area contributed by atoms with E-state index in [0.29, 0.717) is 18.5 Å². The second-order valence-corrected chi connectivity index (χ2v) is 35.7. The van der Waals surface area contributed by atoms with Crippen molar-refractivity contribution in [3.8, 4) is 0 Å². The molecule has 74 heavy (non-hydrogen) atoms. The van der Waals surface area contributed by atoms with E-state index in [4.69, 9.17) is 12.9 Å². The van der Waals surface area contributed by atoms with Crippen LogP contribution in [0.2, 0.25) is 0 Å². The molecule has 0 saturated carbocycles. The predicted molar refractivity (Wildman–Crippen MR) is 326 cm³/mol. The van der Waals surface area contributed by atoms with Crippen LogP contribution in [0.3, 0.4) is 0 Å². The minimum absolute atomic E-state index is 0.538. The molecule has 0 unspecified atom stereocenters. The van der Waals surface area contributed by atoms with Gasteiger partial charge < -0.3 is 0 Å². The Morgan fingerprint density at radius 1 is 0.257 bits per heavy atom. The maximum absolute atomic E-state index is 19.6. The van der Waals surface area contributed by atoms with E-state index >= 15 is 4.57 Å². The van der Waals surface area contributed by atoms with Crippen molar-refractivity contribution in [3.05, 3.63) is 273 Å². The number of hydrogen-bond acceptors (Lipinski definition) is 4. The summed E-state index contributed by atoms with van der Waals surface area (Å²) >= 11 is 0. The van der Waals surface area contributed by atoms with Crippen molar-refractivity contribution in [1.29, 1.82) is 0 Å². The molecule has 0 aromatic heterocycles. The summed E-state index contributed by atoms with van der Waals surface area (Å²) in [5, 5.41) is 8.61. The van der Waals surface area contributed by atoms with Crippen LogP contribution >= 0.6 is 28.3 Å². The first-order valence-electron chi connectivity index (χ1n) is 26.6. The Kier molecular flexibility index (Phi) is 16.3. The zero-order valence-electron chi connectivity index (χ0n) is 43.3. The van der Waals surface area contributed by atoms with E-state index in [-0.39, 0.29) is 0 Å². The van der Waals surface area contributed by atoms with Gasteiger partial charge in [-0.25, -0.2) is 0 Å². The van der Waals surface area contributed by atoms with Gasteiger partial charge in [-0.1, -0.05) is 0 Å². The molecule has 0 heterocycles. The van der Waals surface area contributed by atoms with Gasteiger partial charge in [-0.3, -0.25) is 0 Å². The van der Waals surface area contributed by atoms with Crippen molar-refractivity contribution in [2.24, 2.45) is 0 Å². The van der Waals surface area contributed by atoms with Gasteiger partial charge in [0.05, 0.1) is 0 Å². The van der Waals surface area contributed by atoms with Crippen LogP contribution in [0.4, 0.5) is 0 Å². The molecule has 9 aromatic carbocycles. The summed E-state index contributed by atoms with van der Waals surface area (Å²) < 4.78 is 46.0. The predicted octanol–water partition coefficient (Wildman–Crippen LogP) is 14.9. The first kappa shape index (κ1) is 53.2. The van der Waals surface area contributed by atoms with Crippen LogP contribution in [0.25, 0.3) is 0 Å². The van der Waals surface area contributed by atoms with Gasteiger partial charge in [0.15, 0.2) is 0 Å². The zero-order chi connectivity index (χ0) is 51.3. The summed E-state index contributed by atoms with van der Waals surface area (Å²) in [7, 11) is -5.22. The molecular weight excluding hydrogens is 981 g/mol. The summed E-state index contributed by atoms with van der Waals surface area (Å²) in [6.07, 6.45) is 6.50. The molecule has 0 spiro atoms. The van der Waals surface area contributed by atoms with Gasteiger partial charge in [-0.05, 0) is 0 Å². The number of rotatable bonds is 24. The summed E-state index contributed by atoms with van der Waals surface area (Å²) in [6, 6.07) is 95.9. The first-order chi connectivity index (χ1) is 36.3. The number of hydrogen-bond donors (Lipinski definition) is 0. The monoisotopic (exact) mass is 1050 g/mol. The van der Waals surface area contributed by atoms with E-state index in [9.17, 15) is 0 Å². The summed E-state index contributed by atoms with van der Waals surface area (Å²) in [5.41, 5.74) is 0. The Morgan fingerprint density at radius 3 is 0.514 bits per heavy atom. The van der Waals surface area contributed by atoms with Crippen molar-refractivity contribution in [2.75, 3.05) is 18.5 Å². The van der Waals surface area contributed by atoms with Gasteiger partial charge in [0.25, 0.3) is 0 Å². The Balaban J connectivity index is 1.57. The summed E-state index contributed by atoms with van der Waals surface area (Å²) in [6.45, 7) is -7.11. The van der Waals surface area contributed by atoms with Gasteiger partial charge >= 0.3 is 444 Å². The molecule has 0 amide bonds. The van der Waals surface area contributed by atoms with E-state index in [1.807, 2.05) is 0 Å². The average molecular weight is 1050 g/mol. The molecular formula is C66H72O4P4. The Morgan fingerprint density at radius 2 is 0.392 bits per heavy atom. The topological polar surface area (TPSA) is 44.8 Å². The van der Waals surface area contributed by atoms with Gasteiger partial charge in [0.1, 0.15) is 0 Å². The molecule has 0 aliphatic heterocycles. The van der Waals surface area contributed by atoms with Crippen LogP contribution in [-0.2, 0) is 17.5 Å². The minimum atomic E-state index is -5.22. The van der Waals surface area contributed by atoms with Crippen molar-refractivity contribution in [2.45, 2.75) is 59.3 Å². The van der Waals surface area contributed by atoms with E-state index in [0.717, 1.165) is 86.3 Å². The van der Waals surface area contributed by atoms with Crippen LogP contribution in [-0.4, -0.2) is 18.5 Å². The van der Waals surface area contributed by atoms with Crippen LogP contribution in [0.15, 0.2) is 273 Å². The molecule has 0 N–H and O–H groups in total. The number of unbranched alkanes of at least 4 members (excludes halogenated alkanes) is 3. The fourth-order valence-corrected chi connectivity index (χ4v) is 37.7. The second kappa shape index (κ2) is 22.7. The van der Waals surface area contributed by atoms with Crippen LogP contribution in [0, 0.1) is 0 Å². The quantitative estimate of drug-likeness (QED) is 0.0566. The third kappa shape index (κ3) is 9.02. The zero-order valence-corrected chi connectivity index (χ0v) is 46.8. The van der Waals surface area contributed by atoms with Crippen LogP contribution in [0.5, 0.6) is 0 Å². The third-order valence-corrected chi connectivity index (χ3v) is 38.1. The number of benzene rings is 9. The van der Waals surface area contributed by atoms with Gasteiger partial charge in [0.2, 0.25) is 0 Å². The summed E-state index contributed by atoms with van der Waals surface area (Å²) in [5.74, 6) is 0. The van der Waals surface area contributed by atoms with E-state index < -0.39 is 28.3 Å². The second-order valence-electron chi connectivity index (χ2n) is 19.6. The SMILES string of the molecule is CCCCP(OP(=O)(OP(CCCC)(c1ccccc1)(c1ccccc1)c1ccccc1)OP(CCCC)(c1ccccc1)(c1ccccc1)c1ccccc1)(c1ccccc1)(c1ccccc1)c1ccccc1. The fourth-order valence-electron chi connectivity index (χ4n) is 11.8. The molecule has 9 aromatic rings. The van der Waals surface area contributed by atoms with Crippen molar-refractivity contribution >= 4 is 76.1 Å². The van der Waals surface area contributed by atoms with Crippen molar-refractivity contribution < 1.29 is 17.5 Å².